The highest BCUT2D eigenvalue weighted by molar-refractivity contribution is 7.91. The second kappa shape index (κ2) is 17.7. The summed E-state index contributed by atoms with van der Waals surface area (Å²) >= 11 is 0. The number of nitrogens with zero attached hydrogens (tertiary/aromatic N) is 1. The molecule has 0 saturated heterocycles. The molecule has 0 aromatic heterocycles. The number of fused-ring (bicyclic) bond motifs is 1. The molecule has 3 aromatic carbocycles. The van der Waals surface area contributed by atoms with E-state index in [0.29, 0.717) is 42.6 Å². The van der Waals surface area contributed by atoms with Crippen molar-refractivity contribution in [1.82, 2.24) is 15.5 Å². The van der Waals surface area contributed by atoms with E-state index in [0.717, 1.165) is 42.2 Å². The molecule has 0 unspecified atom stereocenters. The second-order valence-corrected chi connectivity index (χ2v) is 16.4. The number of aryl methyl sites for hydroxylation is 1. The number of nitrogens with one attached hydrogen (secondary N) is 2. The number of rotatable bonds is 16. The largest absolute Gasteiger partial charge is 0.390 e. The minimum absolute atomic E-state index is 0.0639. The number of carbonyl (C=O) groups is 2. The van der Waals surface area contributed by atoms with E-state index in [1.165, 1.54) is 6.07 Å². The summed E-state index contributed by atoms with van der Waals surface area (Å²) in [7, 11) is -3.52. The van der Waals surface area contributed by atoms with Crippen molar-refractivity contribution in [2.75, 3.05) is 19.6 Å². The molecule has 0 spiro atoms. The molecule has 0 bridgehead atoms. The average Bonchev–Trinajstić information content (AvgIpc) is 3.06. The second-order valence-electron chi connectivity index (χ2n) is 14.1. The molecule has 278 valence electrons. The Balaban J connectivity index is 1.65. The number of aliphatic hydroxyl groups is 1. The Morgan fingerprint density at radius 2 is 1.57 bits per heavy atom. The zero-order chi connectivity index (χ0) is 37.5. The Kier molecular flexibility index (Phi) is 13.9. The topological polar surface area (TPSA) is 116 Å². The summed E-state index contributed by atoms with van der Waals surface area (Å²) in [6.45, 7) is 12.9. The van der Waals surface area contributed by atoms with Gasteiger partial charge in [-0.05, 0) is 96.7 Å². The molecule has 51 heavy (non-hydrogen) atoms. The van der Waals surface area contributed by atoms with Crippen LogP contribution in [-0.4, -0.2) is 67.3 Å². The van der Waals surface area contributed by atoms with Crippen LogP contribution in [0.1, 0.15) is 121 Å². The monoisotopic (exact) mass is 725 g/mol. The van der Waals surface area contributed by atoms with Crippen LogP contribution in [0.25, 0.3) is 0 Å². The van der Waals surface area contributed by atoms with Crippen molar-refractivity contribution in [2.45, 2.75) is 109 Å². The smallest absolute Gasteiger partial charge is 0.253 e. The maximum atomic E-state index is 14.3. The number of sulfone groups is 1. The molecule has 1 aliphatic heterocycles. The van der Waals surface area contributed by atoms with Crippen LogP contribution in [-0.2, 0) is 22.0 Å². The summed E-state index contributed by atoms with van der Waals surface area (Å²) in [4.78, 5) is 29.0. The van der Waals surface area contributed by atoms with Crippen molar-refractivity contribution in [3.05, 3.63) is 105 Å². The highest BCUT2D eigenvalue weighted by Crippen LogP contribution is 2.37. The van der Waals surface area contributed by atoms with Crippen LogP contribution in [0.4, 0.5) is 8.78 Å². The van der Waals surface area contributed by atoms with E-state index in [1.807, 2.05) is 39.0 Å². The fourth-order valence-corrected chi connectivity index (χ4v) is 9.14. The number of hydrogen-bond donors (Lipinski definition) is 3. The predicted molar refractivity (Wildman–Crippen MR) is 198 cm³/mol. The maximum Gasteiger partial charge on any atom is 0.253 e. The van der Waals surface area contributed by atoms with Crippen LogP contribution in [0.5, 0.6) is 0 Å². The van der Waals surface area contributed by atoms with Crippen molar-refractivity contribution in [2.24, 2.45) is 0 Å². The number of hydrogen-bond acceptors (Lipinski definition) is 6. The maximum absolute atomic E-state index is 14.3. The van der Waals surface area contributed by atoms with E-state index in [4.69, 9.17) is 0 Å². The van der Waals surface area contributed by atoms with E-state index in [9.17, 15) is 31.9 Å². The molecule has 1 aliphatic rings. The average molecular weight is 726 g/mol. The molecule has 8 nitrogen and oxygen atoms in total. The van der Waals surface area contributed by atoms with Gasteiger partial charge in [-0.3, -0.25) is 9.59 Å². The first-order chi connectivity index (χ1) is 24.2. The Labute approximate surface area is 302 Å². The van der Waals surface area contributed by atoms with E-state index in [-0.39, 0.29) is 41.7 Å². The van der Waals surface area contributed by atoms with Gasteiger partial charge in [-0.2, -0.15) is 0 Å². The first-order valence-corrected chi connectivity index (χ1v) is 19.8. The van der Waals surface area contributed by atoms with E-state index in [2.05, 4.69) is 24.5 Å². The van der Waals surface area contributed by atoms with Crippen LogP contribution < -0.4 is 10.6 Å². The van der Waals surface area contributed by atoms with Gasteiger partial charge in [0.1, 0.15) is 11.6 Å². The molecule has 3 N–H and O–H groups in total. The fourth-order valence-electron chi connectivity index (χ4n) is 6.98. The van der Waals surface area contributed by atoms with Crippen LogP contribution >= 0.6 is 0 Å². The lowest BCUT2D eigenvalue weighted by Gasteiger charge is -2.36. The molecule has 0 aliphatic carbocycles. The molecule has 0 saturated carbocycles. The van der Waals surface area contributed by atoms with Crippen molar-refractivity contribution in [3.63, 3.8) is 0 Å². The van der Waals surface area contributed by atoms with E-state index >= 15 is 0 Å². The zero-order valence-electron chi connectivity index (χ0n) is 30.6. The number of aliphatic hydroxyl groups excluding tert-OH is 1. The van der Waals surface area contributed by atoms with Gasteiger partial charge < -0.3 is 20.6 Å². The third-order valence-electron chi connectivity index (χ3n) is 9.50. The standard InChI is InChI=1S/C40H53F2N3O5S/c1-7-10-37-38(34-21-28(25(4)5)11-12-29(34)24-51(37,49)50)43-23-36(46)35(19-27-17-32(41)22-33(42)18-27)44-39(47)30-15-26(6)16-31(20-30)40(48)45(13-8-2)14-9-3/h11-12,15-18,20-22,25,35-38,43,46H,7-10,13-14,19,23-24H2,1-6H3,(H,44,47)/t35-,36+,37+,38-/m0/s1. The van der Waals surface area contributed by atoms with Crippen molar-refractivity contribution in [3.8, 4) is 0 Å². The van der Waals surface area contributed by atoms with Gasteiger partial charge >= 0.3 is 0 Å². The summed E-state index contributed by atoms with van der Waals surface area (Å²) < 4.78 is 55.5. The van der Waals surface area contributed by atoms with Gasteiger partial charge in [-0.25, -0.2) is 17.2 Å². The van der Waals surface area contributed by atoms with Gasteiger partial charge in [-0.15, -0.1) is 0 Å². The number of benzene rings is 3. The minimum atomic E-state index is -3.52. The van der Waals surface area contributed by atoms with Gasteiger partial charge in [0, 0.05) is 42.9 Å². The first kappa shape index (κ1) is 40.1. The molecule has 11 heteroatoms. The molecule has 3 aromatic rings. The molecular weight excluding hydrogens is 673 g/mol. The predicted octanol–water partition coefficient (Wildman–Crippen LogP) is 6.79. The number of carbonyl (C=O) groups excluding carboxylic acids is 2. The zero-order valence-corrected chi connectivity index (χ0v) is 31.5. The highest BCUT2D eigenvalue weighted by Gasteiger charge is 2.40. The van der Waals surface area contributed by atoms with Gasteiger partial charge in [0.2, 0.25) is 0 Å². The van der Waals surface area contributed by atoms with Gasteiger partial charge in [0.15, 0.2) is 9.84 Å². The summed E-state index contributed by atoms with van der Waals surface area (Å²) in [5.41, 5.74) is 4.14. The Morgan fingerprint density at radius 3 is 2.18 bits per heavy atom. The molecule has 0 fully saturated rings. The summed E-state index contributed by atoms with van der Waals surface area (Å²) in [6.07, 6.45) is 1.23. The van der Waals surface area contributed by atoms with Gasteiger partial charge in [0.05, 0.1) is 23.1 Å². The number of halogens is 2. The summed E-state index contributed by atoms with van der Waals surface area (Å²) in [5.74, 6) is -2.18. The van der Waals surface area contributed by atoms with Crippen molar-refractivity contribution < 1.29 is 31.9 Å². The molecule has 1 heterocycles. The quantitative estimate of drug-likeness (QED) is 0.150. The van der Waals surface area contributed by atoms with Crippen LogP contribution in [0, 0.1) is 18.6 Å². The number of amides is 2. The molecule has 0 radical (unpaired) electrons. The summed E-state index contributed by atoms with van der Waals surface area (Å²) in [5, 5.41) is 17.1. The highest BCUT2D eigenvalue weighted by atomic mass is 32.2. The third kappa shape index (κ3) is 10.2. The third-order valence-corrected chi connectivity index (χ3v) is 11.6. The Morgan fingerprint density at radius 1 is 0.922 bits per heavy atom. The fraction of sp³-hybridized carbons (Fsp3) is 0.500. The molecular formula is C40H53F2N3O5S. The van der Waals surface area contributed by atoms with Gasteiger partial charge in [0.25, 0.3) is 11.8 Å². The first-order valence-electron chi connectivity index (χ1n) is 18.1. The van der Waals surface area contributed by atoms with E-state index < -0.39 is 50.8 Å². The lowest BCUT2D eigenvalue weighted by Crippen LogP contribution is -2.51. The van der Waals surface area contributed by atoms with Crippen molar-refractivity contribution >= 4 is 21.7 Å². The normalized spacial score (nSPS) is 17.8. The molecule has 4 rings (SSSR count). The van der Waals surface area contributed by atoms with Crippen molar-refractivity contribution in [1.29, 1.82) is 0 Å². The SMILES string of the molecule is CCC[C@@H]1[C@@H](NC[C@@H](O)[C@H](Cc2cc(F)cc(F)c2)NC(=O)c2cc(C)cc(C(=O)N(CCC)CCC)c2)c2cc(C(C)C)ccc2CS1(=O)=O. The van der Waals surface area contributed by atoms with E-state index in [1.54, 1.807) is 24.0 Å². The minimum Gasteiger partial charge on any atom is -0.390 e. The lowest BCUT2D eigenvalue weighted by atomic mass is 9.90. The van der Waals surface area contributed by atoms with Crippen LogP contribution in [0.3, 0.4) is 0 Å². The lowest BCUT2D eigenvalue weighted by molar-refractivity contribution is 0.0755. The molecule has 4 atom stereocenters. The van der Waals surface area contributed by atoms with Crippen LogP contribution in [0.2, 0.25) is 0 Å². The Bertz CT molecular complexity index is 1770. The molecule has 2 amide bonds. The van der Waals surface area contributed by atoms with Gasteiger partial charge in [-0.1, -0.05) is 59.2 Å². The Hall–Kier alpha value is -3.67. The van der Waals surface area contributed by atoms with Crippen LogP contribution in [0.15, 0.2) is 54.6 Å². The summed E-state index contributed by atoms with van der Waals surface area (Å²) in [6, 6.07) is 12.2.